The summed E-state index contributed by atoms with van der Waals surface area (Å²) in [6.45, 7) is 0. The summed E-state index contributed by atoms with van der Waals surface area (Å²) in [5, 5.41) is 0. The molecule has 0 saturated heterocycles. The fourth-order valence-electron chi connectivity index (χ4n) is 0. The van der Waals surface area contributed by atoms with Crippen molar-refractivity contribution in [3.63, 3.8) is 0 Å². The average molecular weight is 161 g/mol. The SMILES string of the molecule is F[B-](F)(F)F.[CH3][Ni+]. The zero-order chi connectivity index (χ0) is 6.50. The van der Waals surface area contributed by atoms with Gasteiger partial charge in [-0.15, -0.1) is 0 Å². The van der Waals surface area contributed by atoms with Gasteiger partial charge >= 0.3 is 28.6 Å². The van der Waals surface area contributed by atoms with Crippen LogP contribution in [0, 0.1) is 0 Å². The quantitative estimate of drug-likeness (QED) is 0.375. The Hall–Kier alpha value is 0.278. The average Bonchev–Trinajstić information content (AvgIpc) is 1.36. The first-order valence-corrected chi connectivity index (χ1v) is 2.18. The Labute approximate surface area is 46.7 Å². The zero-order valence-corrected chi connectivity index (χ0v) is 4.39. The molecule has 0 heterocycles. The molecule has 0 fully saturated rings. The van der Waals surface area contributed by atoms with Crippen molar-refractivity contribution in [2.24, 2.45) is 0 Å². The monoisotopic (exact) mass is 160 g/mol. The first-order chi connectivity index (χ1) is 3.00. The van der Waals surface area contributed by atoms with Gasteiger partial charge in [0.05, 0.1) is 0 Å². The molecule has 0 aliphatic carbocycles. The molecule has 0 amide bonds. The molecule has 0 radical (unpaired) electrons. The number of rotatable bonds is 0. The van der Waals surface area contributed by atoms with E-state index in [9.17, 15) is 17.3 Å². The van der Waals surface area contributed by atoms with E-state index in [1.54, 1.807) is 5.89 Å². The van der Waals surface area contributed by atoms with Crippen molar-refractivity contribution in [1.82, 2.24) is 0 Å². The van der Waals surface area contributed by atoms with Crippen molar-refractivity contribution < 1.29 is 32.7 Å². The fraction of sp³-hybridized carbons (Fsp3) is 1.00. The molecule has 0 aliphatic rings. The maximum atomic E-state index is 9.75. The van der Waals surface area contributed by atoms with Gasteiger partial charge in [-0.25, -0.2) is 0 Å². The molecule has 0 aromatic rings. The molecule has 0 rings (SSSR count). The molecule has 0 aliphatic heterocycles. The Morgan fingerprint density at radius 1 is 1.00 bits per heavy atom. The van der Waals surface area contributed by atoms with E-state index in [1.807, 2.05) is 0 Å². The Balaban J connectivity index is 0. The summed E-state index contributed by atoms with van der Waals surface area (Å²) >= 11 is 3.88. The van der Waals surface area contributed by atoms with Crippen molar-refractivity contribution >= 4 is 7.25 Å². The minimum absolute atomic E-state index is 1.62. The molecule has 0 bridgehead atoms. The molecular weight excluding hydrogens is 158 g/mol. The summed E-state index contributed by atoms with van der Waals surface area (Å²) in [6, 6.07) is 0. The summed E-state index contributed by atoms with van der Waals surface area (Å²) in [7, 11) is -6.00. The van der Waals surface area contributed by atoms with Gasteiger partial charge in [0.1, 0.15) is 0 Å². The van der Waals surface area contributed by atoms with E-state index in [0.717, 1.165) is 0 Å². The summed E-state index contributed by atoms with van der Waals surface area (Å²) in [6.07, 6.45) is 0. The van der Waals surface area contributed by atoms with Crippen LogP contribution in [0.25, 0.3) is 0 Å². The van der Waals surface area contributed by atoms with E-state index < -0.39 is 7.25 Å². The molecule has 0 spiro atoms. The predicted octanol–water partition coefficient (Wildman–Crippen LogP) is 1.88. The first kappa shape index (κ1) is 10.3. The van der Waals surface area contributed by atoms with Crippen molar-refractivity contribution in [3.05, 3.63) is 0 Å². The van der Waals surface area contributed by atoms with E-state index in [1.165, 1.54) is 0 Å². The molecule has 0 aromatic carbocycles. The van der Waals surface area contributed by atoms with Gasteiger partial charge in [0.2, 0.25) is 0 Å². The zero-order valence-electron chi connectivity index (χ0n) is 3.41. The van der Waals surface area contributed by atoms with E-state index in [-0.39, 0.29) is 0 Å². The Kier molecular flexibility index (Phi) is 6.53. The summed E-state index contributed by atoms with van der Waals surface area (Å²) in [4.78, 5) is 0. The molecule has 0 nitrogen and oxygen atoms in total. The van der Waals surface area contributed by atoms with Crippen LogP contribution < -0.4 is 0 Å². The molecule has 7 heavy (non-hydrogen) atoms. The van der Waals surface area contributed by atoms with Crippen LogP contribution in [0.1, 0.15) is 0 Å². The normalized spacial score (nSPS) is 9.57. The summed E-state index contributed by atoms with van der Waals surface area (Å²) in [5.74, 6) is 1.62. The minimum atomic E-state index is -6.00. The van der Waals surface area contributed by atoms with Crippen molar-refractivity contribution in [3.8, 4) is 0 Å². The molecule has 0 atom stereocenters. The molecule has 0 saturated carbocycles. The number of hydrogen-bond acceptors (Lipinski definition) is 0. The van der Waals surface area contributed by atoms with Crippen molar-refractivity contribution in [2.75, 3.05) is 0 Å². The first-order valence-electron chi connectivity index (χ1n) is 1.19. The van der Waals surface area contributed by atoms with Gasteiger partial charge in [-0.1, -0.05) is 0 Å². The maximum absolute atomic E-state index is 9.75. The summed E-state index contributed by atoms with van der Waals surface area (Å²) in [5.41, 5.74) is 0. The van der Waals surface area contributed by atoms with Crippen LogP contribution in [0.2, 0.25) is 5.89 Å². The second-order valence-corrected chi connectivity index (χ2v) is 0.495. The second-order valence-electron chi connectivity index (χ2n) is 0.495. The van der Waals surface area contributed by atoms with Gasteiger partial charge in [-0.3, -0.25) is 0 Å². The van der Waals surface area contributed by atoms with Crippen LogP contribution in [-0.2, 0) is 15.5 Å². The van der Waals surface area contributed by atoms with Gasteiger partial charge in [-0.05, 0) is 0 Å². The van der Waals surface area contributed by atoms with E-state index >= 15 is 0 Å². The van der Waals surface area contributed by atoms with E-state index in [4.69, 9.17) is 0 Å². The van der Waals surface area contributed by atoms with Crippen LogP contribution in [-0.4, -0.2) is 7.25 Å². The summed E-state index contributed by atoms with van der Waals surface area (Å²) < 4.78 is 39.0. The van der Waals surface area contributed by atoms with Crippen LogP contribution in [0.5, 0.6) is 0 Å². The van der Waals surface area contributed by atoms with Crippen molar-refractivity contribution in [1.29, 1.82) is 0 Å². The Morgan fingerprint density at radius 3 is 1.00 bits per heavy atom. The Morgan fingerprint density at radius 2 is 1.00 bits per heavy atom. The Bertz CT molecular complexity index is 27.2. The third-order valence-electron chi connectivity index (χ3n) is 0. The molecule has 48 valence electrons. The van der Waals surface area contributed by atoms with Crippen LogP contribution in [0.15, 0.2) is 0 Å². The topological polar surface area (TPSA) is 0 Å². The number of hydrogen-bond donors (Lipinski definition) is 0. The van der Waals surface area contributed by atoms with Crippen LogP contribution in [0.3, 0.4) is 0 Å². The molecule has 0 N–H and O–H groups in total. The van der Waals surface area contributed by atoms with Gasteiger partial charge < -0.3 is 17.3 Å². The third kappa shape index (κ3) is 1480. The van der Waals surface area contributed by atoms with Crippen LogP contribution >= 0.6 is 0 Å². The molecule has 6 heteroatoms. The fourth-order valence-corrected chi connectivity index (χ4v) is 0. The van der Waals surface area contributed by atoms with Gasteiger partial charge in [0, 0.05) is 0 Å². The number of halogens is 4. The van der Waals surface area contributed by atoms with Crippen LogP contribution in [0.4, 0.5) is 17.3 Å². The van der Waals surface area contributed by atoms with Crippen molar-refractivity contribution in [2.45, 2.75) is 5.89 Å². The van der Waals surface area contributed by atoms with E-state index in [0.29, 0.717) is 0 Å². The predicted molar refractivity (Wildman–Crippen MR) is 16.1 cm³/mol. The van der Waals surface area contributed by atoms with E-state index in [2.05, 4.69) is 15.5 Å². The third-order valence-corrected chi connectivity index (χ3v) is 0. The van der Waals surface area contributed by atoms with Gasteiger partial charge in [-0.2, -0.15) is 0 Å². The second kappa shape index (κ2) is 4.44. The standard InChI is InChI=1S/CH3.BF4.Ni/c;2-1(3,4)5;/h1H3;;/q;-1;+1. The molecule has 0 aromatic heterocycles. The van der Waals surface area contributed by atoms with Gasteiger partial charge in [0.25, 0.3) is 0 Å². The molecule has 0 unspecified atom stereocenters. The van der Waals surface area contributed by atoms with Gasteiger partial charge in [0.15, 0.2) is 0 Å². The molecular formula is CH3BF4Ni.